The van der Waals surface area contributed by atoms with Gasteiger partial charge in [-0.3, -0.25) is 19.2 Å². The van der Waals surface area contributed by atoms with Gasteiger partial charge in [0.05, 0.1) is 17.0 Å². The normalized spacial score (nSPS) is 27.2. The molecule has 1 spiro atoms. The standard InChI is InChI=1S/C36H60N6O6S/c1-7-11-26(30(43)32(45)37-23-14-15-23)38-31(44)29-24-16-17-36(18-19-36)25(24)20-42(29)33(46)28(22-12-9-8-10-13-22)40-34(47)39-27(35(2,3)4)21-41(5)49(6)48/h22-29H,7-21H2,1-6H3,(H,37,45)(H,38,44)(H2,39,40,47)/t24-,25-,26?,27+,28-,29-,49?/m0/s1. The smallest absolute Gasteiger partial charge is 0.315 e. The van der Waals surface area contributed by atoms with Crippen LogP contribution in [-0.4, -0.2) is 99.6 Å². The highest BCUT2D eigenvalue weighted by Crippen LogP contribution is 2.66. The molecule has 5 amide bonds. The Balaban J connectivity index is 1.37. The molecule has 1 aliphatic heterocycles. The number of likely N-dealkylation sites (N-methyl/N-ethyl adjacent to an activating group) is 1. The molecule has 1 saturated heterocycles. The number of urea groups is 1. The molecule has 4 saturated carbocycles. The van der Waals surface area contributed by atoms with Gasteiger partial charge in [-0.15, -0.1) is 0 Å². The summed E-state index contributed by atoms with van der Waals surface area (Å²) in [5, 5.41) is 11.9. The molecule has 0 aromatic carbocycles. The average Bonchev–Trinajstić information content (AvgIpc) is 3.96. The van der Waals surface area contributed by atoms with Crippen molar-refractivity contribution in [2.24, 2.45) is 28.6 Å². The molecular formula is C36H60N6O6S. The van der Waals surface area contributed by atoms with E-state index in [1.165, 1.54) is 0 Å². The summed E-state index contributed by atoms with van der Waals surface area (Å²) >= 11 is 0. The Morgan fingerprint density at radius 3 is 2.18 bits per heavy atom. The summed E-state index contributed by atoms with van der Waals surface area (Å²) in [6.07, 6.45) is 13.0. The zero-order valence-electron chi connectivity index (χ0n) is 30.5. The molecule has 4 aliphatic carbocycles. The molecule has 0 bridgehead atoms. The van der Waals surface area contributed by atoms with Crippen LogP contribution in [0, 0.1) is 28.6 Å². The number of amides is 5. The molecule has 2 unspecified atom stereocenters. The van der Waals surface area contributed by atoms with Crippen molar-refractivity contribution >= 4 is 40.5 Å². The number of likely N-dealkylation sites (tertiary alicyclic amines) is 1. The average molecular weight is 705 g/mol. The van der Waals surface area contributed by atoms with E-state index < -0.39 is 46.8 Å². The zero-order valence-corrected chi connectivity index (χ0v) is 31.3. The molecule has 49 heavy (non-hydrogen) atoms. The quantitative estimate of drug-likeness (QED) is 0.204. The van der Waals surface area contributed by atoms with Crippen LogP contribution in [0.4, 0.5) is 4.79 Å². The van der Waals surface area contributed by atoms with Crippen molar-refractivity contribution in [2.75, 3.05) is 26.4 Å². The number of fused-ring (bicyclic) bond motifs is 2. The van der Waals surface area contributed by atoms with Gasteiger partial charge in [0, 0.05) is 31.4 Å². The maximum absolute atomic E-state index is 14.8. The zero-order chi connectivity index (χ0) is 35.7. The predicted octanol–water partition coefficient (Wildman–Crippen LogP) is 3.02. The monoisotopic (exact) mass is 704 g/mol. The number of hydrogen-bond acceptors (Lipinski definition) is 6. The Hall–Kier alpha value is -2.54. The van der Waals surface area contributed by atoms with Crippen molar-refractivity contribution in [3.05, 3.63) is 0 Å². The molecule has 7 atom stereocenters. The summed E-state index contributed by atoms with van der Waals surface area (Å²) < 4.78 is 13.8. The third-order valence-electron chi connectivity index (χ3n) is 12.1. The number of rotatable bonds is 14. The van der Waals surface area contributed by atoms with Crippen molar-refractivity contribution in [3.63, 3.8) is 0 Å². The van der Waals surface area contributed by atoms with Crippen LogP contribution in [0.3, 0.4) is 0 Å². The maximum atomic E-state index is 14.8. The lowest BCUT2D eigenvalue weighted by Gasteiger charge is -2.37. The van der Waals surface area contributed by atoms with Crippen molar-refractivity contribution < 1.29 is 28.2 Å². The van der Waals surface area contributed by atoms with Crippen LogP contribution in [0.25, 0.3) is 0 Å². The molecule has 5 rings (SSSR count). The van der Waals surface area contributed by atoms with Gasteiger partial charge in [-0.1, -0.05) is 53.4 Å². The van der Waals surface area contributed by atoms with E-state index in [0.29, 0.717) is 25.9 Å². The topological polar surface area (TPSA) is 157 Å². The molecule has 12 nitrogen and oxygen atoms in total. The number of carbonyl (C=O) groups excluding carboxylic acids is 5. The lowest BCUT2D eigenvalue weighted by atomic mass is 9.83. The minimum Gasteiger partial charge on any atom is -0.347 e. The predicted molar refractivity (Wildman–Crippen MR) is 188 cm³/mol. The molecule has 276 valence electrons. The summed E-state index contributed by atoms with van der Waals surface area (Å²) in [4.78, 5) is 70.5. The Labute approximate surface area is 295 Å². The highest BCUT2D eigenvalue weighted by Gasteiger charge is 2.64. The molecule has 4 N–H and O–H groups in total. The van der Waals surface area contributed by atoms with Gasteiger partial charge in [-0.25, -0.2) is 13.3 Å². The Kier molecular flexibility index (Phi) is 11.8. The van der Waals surface area contributed by atoms with Gasteiger partial charge >= 0.3 is 6.03 Å². The van der Waals surface area contributed by atoms with Crippen LogP contribution in [0.5, 0.6) is 0 Å². The fourth-order valence-electron chi connectivity index (χ4n) is 8.63. The first-order chi connectivity index (χ1) is 23.1. The molecule has 5 aliphatic rings. The second-order valence-corrected chi connectivity index (χ2v) is 18.2. The molecule has 5 fully saturated rings. The first-order valence-electron chi connectivity index (χ1n) is 18.7. The largest absolute Gasteiger partial charge is 0.347 e. The number of ketones is 1. The van der Waals surface area contributed by atoms with E-state index in [1.807, 2.05) is 27.7 Å². The second-order valence-electron chi connectivity index (χ2n) is 16.7. The molecule has 0 aromatic heterocycles. The van der Waals surface area contributed by atoms with E-state index in [9.17, 15) is 28.2 Å². The summed E-state index contributed by atoms with van der Waals surface area (Å²) in [6, 6.07) is -3.28. The Morgan fingerprint density at radius 1 is 0.939 bits per heavy atom. The van der Waals surface area contributed by atoms with E-state index in [2.05, 4.69) is 21.3 Å². The summed E-state index contributed by atoms with van der Waals surface area (Å²) in [6.45, 7) is 8.79. The van der Waals surface area contributed by atoms with Crippen molar-refractivity contribution in [2.45, 2.75) is 141 Å². The van der Waals surface area contributed by atoms with Gasteiger partial charge in [0.2, 0.25) is 17.6 Å². The SMILES string of the molecule is CCCC(NC(=O)[C@@H]1[C@H]2CCC3(CC3)[C@H]2CN1C(=O)[C@@H](NC(=O)N[C@H](CN(C)S(C)=O)C(C)(C)C)C1CCCCC1)C(=O)C(=O)NC1CC1. The van der Waals surface area contributed by atoms with E-state index >= 15 is 0 Å². The van der Waals surface area contributed by atoms with Crippen LogP contribution in [0.1, 0.15) is 111 Å². The number of nitrogens with zero attached hydrogens (tertiary/aromatic N) is 2. The molecule has 13 heteroatoms. The van der Waals surface area contributed by atoms with Crippen LogP contribution in [0.15, 0.2) is 0 Å². The summed E-state index contributed by atoms with van der Waals surface area (Å²) in [7, 11) is 0.544. The number of hydrogen-bond donors (Lipinski definition) is 4. The van der Waals surface area contributed by atoms with Gasteiger partial charge in [0.1, 0.15) is 12.1 Å². The highest BCUT2D eigenvalue weighted by molar-refractivity contribution is 7.81. The minimum absolute atomic E-state index is 0.0272. The lowest BCUT2D eigenvalue weighted by molar-refractivity contribution is -0.144. The van der Waals surface area contributed by atoms with Crippen LogP contribution in [0.2, 0.25) is 0 Å². The fourth-order valence-corrected chi connectivity index (χ4v) is 8.99. The molecule has 1 heterocycles. The summed E-state index contributed by atoms with van der Waals surface area (Å²) in [5.74, 6) is -1.80. The maximum Gasteiger partial charge on any atom is 0.315 e. The first kappa shape index (κ1) is 37.7. The fraction of sp³-hybridized carbons (Fsp3) is 0.861. The summed E-state index contributed by atoms with van der Waals surface area (Å²) in [5.41, 5.74) is -0.178. The lowest BCUT2D eigenvalue weighted by Crippen LogP contribution is -2.61. The van der Waals surface area contributed by atoms with Crippen molar-refractivity contribution in [1.82, 2.24) is 30.5 Å². The van der Waals surface area contributed by atoms with Gasteiger partial charge in [-0.05, 0) is 93.4 Å². The molecular weight excluding hydrogens is 644 g/mol. The van der Waals surface area contributed by atoms with E-state index in [1.54, 1.807) is 22.5 Å². The Morgan fingerprint density at radius 2 is 1.61 bits per heavy atom. The van der Waals surface area contributed by atoms with Gasteiger partial charge in [-0.2, -0.15) is 0 Å². The number of Topliss-reactive ketones (excluding diaryl/α,β-unsaturated/α-hetero) is 1. The van der Waals surface area contributed by atoms with Crippen LogP contribution < -0.4 is 21.3 Å². The highest BCUT2D eigenvalue weighted by atomic mass is 32.2. The van der Waals surface area contributed by atoms with Crippen LogP contribution in [-0.2, 0) is 30.2 Å². The van der Waals surface area contributed by atoms with Crippen molar-refractivity contribution in [1.29, 1.82) is 0 Å². The minimum atomic E-state index is -1.21. The van der Waals surface area contributed by atoms with E-state index in [4.69, 9.17) is 0 Å². The second kappa shape index (κ2) is 15.4. The third kappa shape index (κ3) is 8.86. The molecule has 0 aromatic rings. The van der Waals surface area contributed by atoms with Gasteiger partial charge in [0.15, 0.2) is 0 Å². The van der Waals surface area contributed by atoms with Crippen LogP contribution >= 0.6 is 0 Å². The van der Waals surface area contributed by atoms with Gasteiger partial charge in [0.25, 0.3) is 5.91 Å². The number of nitrogens with one attached hydrogen (secondary N) is 4. The third-order valence-corrected chi connectivity index (χ3v) is 13.1. The van der Waals surface area contributed by atoms with Gasteiger partial charge < -0.3 is 26.2 Å². The number of carbonyl (C=O) groups is 5. The molecule has 0 radical (unpaired) electrons. The first-order valence-corrected chi connectivity index (χ1v) is 20.2. The van der Waals surface area contributed by atoms with E-state index in [0.717, 1.165) is 70.6 Å². The van der Waals surface area contributed by atoms with E-state index in [-0.39, 0.29) is 52.5 Å². The van der Waals surface area contributed by atoms with Crippen molar-refractivity contribution in [3.8, 4) is 0 Å². The Bertz CT molecular complexity index is 1290.